The molecule has 114 valence electrons. The second-order valence-electron chi connectivity index (χ2n) is 5.67. The molecular weight excluding hydrogens is 278 g/mol. The Bertz CT molecular complexity index is 600. The maximum atomic E-state index is 7.30. The maximum Gasteiger partial charge on any atom is 0.187 e. The van der Waals surface area contributed by atoms with Crippen LogP contribution in [0.1, 0.15) is 11.1 Å². The normalized spacial score (nSPS) is 16.8. The molecule has 0 fully saturated rings. The number of hydrazone groups is 2. The highest BCUT2D eigenvalue weighted by atomic mass is 15.6. The molecule has 2 aliphatic heterocycles. The molecule has 0 aliphatic carbocycles. The Morgan fingerprint density at radius 2 is 1.45 bits per heavy atom. The van der Waals surface area contributed by atoms with Gasteiger partial charge in [-0.3, -0.25) is 10.0 Å². The summed E-state index contributed by atoms with van der Waals surface area (Å²) in [6.45, 7) is 10.4. The molecule has 0 saturated carbocycles. The zero-order valence-electron chi connectivity index (χ0n) is 12.8. The second-order valence-corrected chi connectivity index (χ2v) is 5.67. The predicted octanol–water partition coefficient (Wildman–Crippen LogP) is 1.53. The van der Waals surface area contributed by atoms with E-state index in [4.69, 9.17) is 6.57 Å². The van der Waals surface area contributed by atoms with Crippen LogP contribution in [-0.2, 0) is 13.1 Å². The first-order valence-electron chi connectivity index (χ1n) is 7.11. The summed E-state index contributed by atoms with van der Waals surface area (Å²) in [5.41, 5.74) is 2.95. The Morgan fingerprint density at radius 1 is 0.955 bits per heavy atom. The number of hydrogen-bond acceptors (Lipinski definition) is 6. The Kier molecular flexibility index (Phi) is 3.83. The summed E-state index contributed by atoms with van der Waals surface area (Å²) in [7, 11) is 3.89. The van der Waals surface area contributed by atoms with Crippen molar-refractivity contribution in [3.63, 3.8) is 0 Å². The molecular formula is C15H19N7. The van der Waals surface area contributed by atoms with Gasteiger partial charge in [-0.1, -0.05) is 18.2 Å². The Morgan fingerprint density at radius 3 is 1.82 bits per heavy atom. The molecule has 3 rings (SSSR count). The molecule has 0 spiro atoms. The lowest BCUT2D eigenvalue weighted by Crippen LogP contribution is -2.25. The Labute approximate surface area is 130 Å². The molecule has 1 aromatic carbocycles. The van der Waals surface area contributed by atoms with Gasteiger partial charge in [0.25, 0.3) is 0 Å². The van der Waals surface area contributed by atoms with Crippen molar-refractivity contribution in [1.82, 2.24) is 19.8 Å². The van der Waals surface area contributed by atoms with Crippen LogP contribution in [0, 0.1) is 6.57 Å². The second kappa shape index (κ2) is 5.93. The summed E-state index contributed by atoms with van der Waals surface area (Å²) in [5.74, 6) is 0. The number of benzene rings is 1. The van der Waals surface area contributed by atoms with E-state index >= 15 is 0 Å². The van der Waals surface area contributed by atoms with E-state index in [2.05, 4.69) is 30.9 Å². The molecule has 0 unspecified atom stereocenters. The van der Waals surface area contributed by atoms with Gasteiger partial charge in [0.05, 0.1) is 6.57 Å². The molecule has 0 aromatic heterocycles. The van der Waals surface area contributed by atoms with Crippen molar-refractivity contribution in [2.24, 2.45) is 10.2 Å². The van der Waals surface area contributed by atoms with Crippen molar-refractivity contribution < 1.29 is 0 Å². The smallest absolute Gasteiger partial charge is 0.187 e. The number of hydrogen-bond donors (Lipinski definition) is 0. The fraction of sp³-hybridized carbons (Fsp3) is 0.400. The van der Waals surface area contributed by atoms with E-state index in [9.17, 15) is 0 Å². The molecule has 0 radical (unpaired) electrons. The van der Waals surface area contributed by atoms with Crippen molar-refractivity contribution in [2.75, 3.05) is 27.4 Å². The van der Waals surface area contributed by atoms with Crippen LogP contribution < -0.4 is 0 Å². The highest BCUT2D eigenvalue weighted by Crippen LogP contribution is 2.21. The molecule has 2 heterocycles. The summed E-state index contributed by atoms with van der Waals surface area (Å²) in [6.07, 6.45) is 3.68. The summed E-state index contributed by atoms with van der Waals surface area (Å²) in [4.78, 5) is 7.84. The van der Waals surface area contributed by atoms with Gasteiger partial charge in [0.15, 0.2) is 5.69 Å². The summed E-state index contributed by atoms with van der Waals surface area (Å²) in [6, 6.07) is 6.06. The first kappa shape index (κ1) is 14.2. The Hall–Kier alpha value is -2.75. The lowest BCUT2D eigenvalue weighted by atomic mass is 10.1. The highest BCUT2D eigenvalue weighted by Gasteiger charge is 2.13. The average molecular weight is 297 g/mol. The molecule has 0 saturated heterocycles. The highest BCUT2D eigenvalue weighted by molar-refractivity contribution is 5.58. The van der Waals surface area contributed by atoms with Gasteiger partial charge < -0.3 is 9.80 Å². The third kappa shape index (κ3) is 3.28. The summed E-state index contributed by atoms with van der Waals surface area (Å²) in [5, 5.41) is 12.2. The zero-order chi connectivity index (χ0) is 15.5. The van der Waals surface area contributed by atoms with Crippen molar-refractivity contribution in [2.45, 2.75) is 13.1 Å². The first-order valence-corrected chi connectivity index (χ1v) is 7.11. The van der Waals surface area contributed by atoms with Crippen LogP contribution in [0.5, 0.6) is 0 Å². The number of rotatable bonds is 4. The van der Waals surface area contributed by atoms with E-state index in [1.165, 1.54) is 0 Å². The van der Waals surface area contributed by atoms with Crippen molar-refractivity contribution in [3.05, 3.63) is 40.7 Å². The zero-order valence-corrected chi connectivity index (χ0v) is 12.8. The molecule has 7 heteroatoms. The van der Waals surface area contributed by atoms with Gasteiger partial charge in [-0.25, -0.2) is 4.85 Å². The largest absolute Gasteiger partial charge is 0.338 e. The summed E-state index contributed by atoms with van der Waals surface area (Å²) >= 11 is 0. The van der Waals surface area contributed by atoms with Gasteiger partial charge in [-0.05, 0) is 11.1 Å². The third-order valence-corrected chi connectivity index (χ3v) is 3.53. The fourth-order valence-corrected chi connectivity index (χ4v) is 2.64. The van der Waals surface area contributed by atoms with Crippen LogP contribution in [0.4, 0.5) is 5.69 Å². The van der Waals surface area contributed by atoms with Gasteiger partial charge in [-0.15, -0.1) is 0 Å². The Balaban J connectivity index is 1.73. The van der Waals surface area contributed by atoms with Crippen molar-refractivity contribution in [3.8, 4) is 0 Å². The lowest BCUT2D eigenvalue weighted by molar-refractivity contribution is 0.272. The minimum atomic E-state index is 0.682. The van der Waals surface area contributed by atoms with E-state index in [0.717, 1.165) is 37.6 Å². The standard InChI is InChI=1S/C15H19N7/c1-16-15-5-13(7-21-9-17-19(2)11-21)4-14(6-15)8-22-10-18-20(3)12-22/h4-6,9-10H,7-8,11-12H2,2-3H3. The van der Waals surface area contributed by atoms with Gasteiger partial charge in [0.2, 0.25) is 0 Å². The van der Waals surface area contributed by atoms with Crippen LogP contribution in [0.15, 0.2) is 28.4 Å². The topological polar surface area (TPSA) is 42.0 Å². The van der Waals surface area contributed by atoms with Gasteiger partial charge in [0.1, 0.15) is 26.0 Å². The maximum absolute atomic E-state index is 7.30. The van der Waals surface area contributed by atoms with Gasteiger partial charge in [0, 0.05) is 27.2 Å². The molecule has 22 heavy (non-hydrogen) atoms. The van der Waals surface area contributed by atoms with Crippen molar-refractivity contribution >= 4 is 18.4 Å². The summed E-state index contributed by atoms with van der Waals surface area (Å²) < 4.78 is 0. The van der Waals surface area contributed by atoms with E-state index in [-0.39, 0.29) is 0 Å². The first-order chi connectivity index (χ1) is 10.6. The minimum Gasteiger partial charge on any atom is -0.338 e. The van der Waals surface area contributed by atoms with E-state index in [0.29, 0.717) is 5.69 Å². The minimum absolute atomic E-state index is 0.682. The third-order valence-electron chi connectivity index (χ3n) is 3.53. The van der Waals surface area contributed by atoms with Crippen LogP contribution in [0.3, 0.4) is 0 Å². The molecule has 1 aromatic rings. The van der Waals surface area contributed by atoms with E-state index in [1.54, 1.807) is 0 Å². The SMILES string of the molecule is [C-]#[N+]c1cc(CN2C=NN(C)C2)cc(CN2C=NN(C)C2)c1. The van der Waals surface area contributed by atoms with Crippen LogP contribution in [0.25, 0.3) is 4.85 Å². The average Bonchev–Trinajstić information content (AvgIpc) is 3.07. The van der Waals surface area contributed by atoms with Crippen LogP contribution >= 0.6 is 0 Å². The molecule has 2 aliphatic rings. The van der Waals surface area contributed by atoms with Crippen LogP contribution in [-0.4, -0.2) is 59.9 Å². The van der Waals surface area contributed by atoms with E-state index in [1.807, 2.05) is 48.9 Å². The molecule has 0 N–H and O–H groups in total. The van der Waals surface area contributed by atoms with Gasteiger partial charge >= 0.3 is 0 Å². The van der Waals surface area contributed by atoms with E-state index < -0.39 is 0 Å². The monoisotopic (exact) mass is 297 g/mol. The molecule has 0 bridgehead atoms. The van der Waals surface area contributed by atoms with Gasteiger partial charge in [-0.2, -0.15) is 10.2 Å². The molecule has 7 nitrogen and oxygen atoms in total. The van der Waals surface area contributed by atoms with Crippen LogP contribution in [0.2, 0.25) is 0 Å². The number of nitrogens with zero attached hydrogens (tertiary/aromatic N) is 7. The quantitative estimate of drug-likeness (QED) is 0.791. The molecule has 0 atom stereocenters. The molecule has 0 amide bonds. The fourth-order valence-electron chi connectivity index (χ4n) is 2.64. The van der Waals surface area contributed by atoms with Crippen molar-refractivity contribution in [1.29, 1.82) is 0 Å². The lowest BCUT2D eigenvalue weighted by Gasteiger charge is -2.19. The predicted molar refractivity (Wildman–Crippen MR) is 86.0 cm³/mol.